The molecule has 0 aliphatic carbocycles. The van der Waals surface area contributed by atoms with Crippen LogP contribution < -0.4 is 0 Å². The van der Waals surface area contributed by atoms with Crippen molar-refractivity contribution in [2.45, 2.75) is 6.42 Å². The Morgan fingerprint density at radius 1 is 1.29 bits per heavy atom. The molecule has 0 aliphatic heterocycles. The summed E-state index contributed by atoms with van der Waals surface area (Å²) < 4.78 is 0. The molecule has 14 heavy (non-hydrogen) atoms. The average Bonchev–Trinajstić information content (AvgIpc) is 2.18. The Hall–Kier alpha value is -1.90. The Kier molecular flexibility index (Phi) is 3.18. The van der Waals surface area contributed by atoms with Gasteiger partial charge in [0.25, 0.3) is 0 Å². The molecule has 0 fully saturated rings. The minimum atomic E-state index is -0.966. The van der Waals surface area contributed by atoms with E-state index in [1.807, 2.05) is 0 Å². The van der Waals surface area contributed by atoms with E-state index >= 15 is 0 Å². The second-order valence-electron chi connectivity index (χ2n) is 2.85. The smallest absolute Gasteiger partial charge is 0.335 e. The van der Waals surface area contributed by atoms with Gasteiger partial charge in [-0.15, -0.1) is 0 Å². The molecule has 0 unspecified atom stereocenters. The van der Waals surface area contributed by atoms with Gasteiger partial charge in [-0.3, -0.25) is 4.79 Å². The van der Waals surface area contributed by atoms with Gasteiger partial charge in [0.05, 0.1) is 5.56 Å². The minimum Gasteiger partial charge on any atom is -0.478 e. The van der Waals surface area contributed by atoms with E-state index in [4.69, 9.17) is 5.11 Å². The standard InChI is InChI=1S/C11H10O3/c1-2-10(12)7-8-3-5-9(6-4-8)11(13)14/h2-6H,1,7H2,(H,13,14). The predicted molar refractivity (Wildman–Crippen MR) is 52.3 cm³/mol. The van der Waals surface area contributed by atoms with Crippen molar-refractivity contribution in [1.29, 1.82) is 0 Å². The molecule has 1 N–H and O–H groups in total. The van der Waals surface area contributed by atoms with Gasteiger partial charge in [0, 0.05) is 6.42 Å². The normalized spacial score (nSPS) is 9.43. The zero-order chi connectivity index (χ0) is 10.6. The number of aromatic carboxylic acids is 1. The minimum absolute atomic E-state index is 0.0759. The highest BCUT2D eigenvalue weighted by Gasteiger charge is 2.03. The monoisotopic (exact) mass is 190 g/mol. The van der Waals surface area contributed by atoms with Crippen molar-refractivity contribution in [3.8, 4) is 0 Å². The van der Waals surface area contributed by atoms with Gasteiger partial charge in [0.1, 0.15) is 0 Å². The molecule has 0 heterocycles. The van der Waals surface area contributed by atoms with E-state index in [0.717, 1.165) is 5.56 Å². The number of rotatable bonds is 4. The molecule has 0 radical (unpaired) electrons. The number of allylic oxidation sites excluding steroid dienone is 1. The van der Waals surface area contributed by atoms with Crippen molar-refractivity contribution in [2.75, 3.05) is 0 Å². The van der Waals surface area contributed by atoms with Gasteiger partial charge < -0.3 is 5.11 Å². The molecule has 0 saturated heterocycles. The first-order valence-corrected chi connectivity index (χ1v) is 4.11. The fraction of sp³-hybridized carbons (Fsp3) is 0.0909. The zero-order valence-corrected chi connectivity index (χ0v) is 7.56. The molecule has 1 aromatic carbocycles. The maximum absolute atomic E-state index is 11.0. The fourth-order valence-corrected chi connectivity index (χ4v) is 1.04. The summed E-state index contributed by atoms with van der Waals surface area (Å²) in [6, 6.07) is 6.22. The molecule has 72 valence electrons. The van der Waals surface area contributed by atoms with E-state index in [-0.39, 0.29) is 17.8 Å². The highest BCUT2D eigenvalue weighted by atomic mass is 16.4. The van der Waals surface area contributed by atoms with E-state index in [2.05, 4.69) is 6.58 Å². The summed E-state index contributed by atoms with van der Waals surface area (Å²) in [6.45, 7) is 3.36. The molecular formula is C11H10O3. The lowest BCUT2D eigenvalue weighted by Gasteiger charge is -1.98. The molecule has 0 aliphatic rings. The maximum atomic E-state index is 11.0. The Morgan fingerprint density at radius 2 is 1.86 bits per heavy atom. The van der Waals surface area contributed by atoms with Crippen LogP contribution in [0.15, 0.2) is 36.9 Å². The Balaban J connectivity index is 2.78. The number of hydrogen-bond donors (Lipinski definition) is 1. The van der Waals surface area contributed by atoms with E-state index in [0.29, 0.717) is 0 Å². The van der Waals surface area contributed by atoms with Crippen LogP contribution >= 0.6 is 0 Å². The van der Waals surface area contributed by atoms with Gasteiger partial charge in [-0.2, -0.15) is 0 Å². The number of carboxylic acids is 1. The summed E-state index contributed by atoms with van der Waals surface area (Å²) >= 11 is 0. The molecule has 3 heteroatoms. The fourth-order valence-electron chi connectivity index (χ4n) is 1.04. The molecular weight excluding hydrogens is 180 g/mol. The average molecular weight is 190 g/mol. The lowest BCUT2D eigenvalue weighted by atomic mass is 10.1. The van der Waals surface area contributed by atoms with Crippen molar-refractivity contribution >= 4 is 11.8 Å². The van der Waals surface area contributed by atoms with Gasteiger partial charge in [0.15, 0.2) is 5.78 Å². The van der Waals surface area contributed by atoms with E-state index in [1.165, 1.54) is 18.2 Å². The largest absolute Gasteiger partial charge is 0.478 e. The molecule has 0 saturated carbocycles. The van der Waals surface area contributed by atoms with Crippen LogP contribution in [-0.4, -0.2) is 16.9 Å². The van der Waals surface area contributed by atoms with Crippen LogP contribution in [0.3, 0.4) is 0 Å². The Labute approximate surface area is 81.7 Å². The number of carboxylic acid groups (broad SMARTS) is 1. The molecule has 1 aromatic rings. The van der Waals surface area contributed by atoms with Gasteiger partial charge in [-0.05, 0) is 23.8 Å². The van der Waals surface area contributed by atoms with Crippen molar-refractivity contribution in [3.63, 3.8) is 0 Å². The van der Waals surface area contributed by atoms with Crippen molar-refractivity contribution in [2.24, 2.45) is 0 Å². The van der Waals surface area contributed by atoms with Crippen LogP contribution in [0.2, 0.25) is 0 Å². The van der Waals surface area contributed by atoms with Crippen molar-refractivity contribution in [3.05, 3.63) is 48.0 Å². The topological polar surface area (TPSA) is 54.4 Å². The summed E-state index contributed by atoms with van der Waals surface area (Å²) in [5.74, 6) is -1.04. The lowest BCUT2D eigenvalue weighted by Crippen LogP contribution is -2.00. The second-order valence-corrected chi connectivity index (χ2v) is 2.85. The van der Waals surface area contributed by atoms with E-state index < -0.39 is 5.97 Å². The van der Waals surface area contributed by atoms with Gasteiger partial charge in [-0.25, -0.2) is 4.79 Å². The van der Waals surface area contributed by atoms with E-state index in [9.17, 15) is 9.59 Å². The Morgan fingerprint density at radius 3 is 2.29 bits per heavy atom. The molecule has 3 nitrogen and oxygen atoms in total. The van der Waals surface area contributed by atoms with Crippen LogP contribution in [0, 0.1) is 0 Å². The predicted octanol–water partition coefficient (Wildman–Crippen LogP) is 1.68. The molecule has 0 spiro atoms. The highest BCUT2D eigenvalue weighted by molar-refractivity contribution is 5.91. The third-order valence-corrected chi connectivity index (χ3v) is 1.81. The van der Waals surface area contributed by atoms with Crippen molar-refractivity contribution in [1.82, 2.24) is 0 Å². The van der Waals surface area contributed by atoms with Crippen LogP contribution in [0.1, 0.15) is 15.9 Å². The number of hydrogen-bond acceptors (Lipinski definition) is 2. The van der Waals surface area contributed by atoms with Gasteiger partial charge >= 0.3 is 5.97 Å². The number of benzene rings is 1. The highest BCUT2D eigenvalue weighted by Crippen LogP contribution is 2.05. The molecule has 1 rings (SSSR count). The Bertz CT molecular complexity index is 363. The maximum Gasteiger partial charge on any atom is 0.335 e. The summed E-state index contributed by atoms with van der Waals surface area (Å²) in [6.07, 6.45) is 1.52. The first kappa shape index (κ1) is 10.2. The lowest BCUT2D eigenvalue weighted by molar-refractivity contribution is -0.114. The van der Waals surface area contributed by atoms with Gasteiger partial charge in [0.2, 0.25) is 0 Å². The summed E-state index contributed by atoms with van der Waals surface area (Å²) in [5, 5.41) is 8.62. The zero-order valence-electron chi connectivity index (χ0n) is 7.56. The van der Waals surface area contributed by atoms with Crippen LogP contribution in [-0.2, 0) is 11.2 Å². The molecule has 0 atom stereocenters. The van der Waals surface area contributed by atoms with Crippen molar-refractivity contribution < 1.29 is 14.7 Å². The summed E-state index contributed by atoms with van der Waals surface area (Å²) in [7, 11) is 0. The third kappa shape index (κ3) is 2.55. The van der Waals surface area contributed by atoms with Crippen LogP contribution in [0.5, 0.6) is 0 Å². The van der Waals surface area contributed by atoms with Crippen LogP contribution in [0.25, 0.3) is 0 Å². The third-order valence-electron chi connectivity index (χ3n) is 1.81. The first-order valence-electron chi connectivity index (χ1n) is 4.11. The summed E-state index contributed by atoms with van der Waals surface area (Å²) in [5.41, 5.74) is 1.01. The molecule has 0 amide bonds. The second kappa shape index (κ2) is 4.37. The number of carbonyl (C=O) groups is 2. The van der Waals surface area contributed by atoms with Gasteiger partial charge in [-0.1, -0.05) is 18.7 Å². The molecule has 0 aromatic heterocycles. The number of carbonyl (C=O) groups excluding carboxylic acids is 1. The quantitative estimate of drug-likeness (QED) is 0.735. The summed E-state index contributed by atoms with van der Waals surface area (Å²) in [4.78, 5) is 21.5. The number of ketones is 1. The van der Waals surface area contributed by atoms with Crippen LogP contribution in [0.4, 0.5) is 0 Å². The SMILES string of the molecule is C=CC(=O)Cc1ccc(C(=O)O)cc1. The van der Waals surface area contributed by atoms with E-state index in [1.54, 1.807) is 12.1 Å². The first-order chi connectivity index (χ1) is 6.63. The molecule has 0 bridgehead atoms.